The fourth-order valence-corrected chi connectivity index (χ4v) is 4.55. The Morgan fingerprint density at radius 2 is 1.82 bits per heavy atom. The monoisotopic (exact) mass is 529 g/mol. The lowest BCUT2D eigenvalue weighted by molar-refractivity contribution is -0.120. The molecular weight excluding hydrogens is 503 g/mol. The molecule has 2 aromatic carbocycles. The molecule has 8 nitrogen and oxygen atoms in total. The molecule has 0 bridgehead atoms. The summed E-state index contributed by atoms with van der Waals surface area (Å²) in [6, 6.07) is 12.6. The highest BCUT2D eigenvalue weighted by atomic mass is 19.3. The average molecular weight is 530 g/mol. The maximum absolute atomic E-state index is 15.1. The third-order valence-electron chi connectivity index (χ3n) is 6.51. The van der Waals surface area contributed by atoms with Crippen molar-refractivity contribution in [2.75, 3.05) is 25.1 Å². The van der Waals surface area contributed by atoms with Crippen molar-refractivity contribution in [2.24, 2.45) is 5.92 Å². The Kier molecular flexibility index (Phi) is 8.04. The lowest BCUT2D eigenvalue weighted by atomic mass is 9.88. The van der Waals surface area contributed by atoms with Crippen LogP contribution in [0.15, 0.2) is 65.6 Å². The number of nitrogens with one attached hydrogen (secondary N) is 1. The van der Waals surface area contributed by atoms with Crippen molar-refractivity contribution in [1.29, 1.82) is 0 Å². The predicted octanol–water partition coefficient (Wildman–Crippen LogP) is 3.79. The number of carbonyl (C=O) groups is 2. The van der Waals surface area contributed by atoms with Gasteiger partial charge in [0.2, 0.25) is 5.91 Å². The topological polar surface area (TPSA) is 89.9 Å². The largest absolute Gasteiger partial charge is 0.497 e. The number of amides is 2. The molecule has 200 valence electrons. The van der Waals surface area contributed by atoms with Gasteiger partial charge in [0.15, 0.2) is 0 Å². The second-order valence-electron chi connectivity index (χ2n) is 8.65. The molecule has 11 heteroatoms. The maximum Gasteiger partial charge on any atom is 0.387 e. The number of pyridine rings is 1. The molecule has 3 aromatic rings. The van der Waals surface area contributed by atoms with Gasteiger partial charge < -0.3 is 24.3 Å². The van der Waals surface area contributed by atoms with Crippen molar-refractivity contribution in [2.45, 2.75) is 26.0 Å². The number of hydrogen-bond acceptors (Lipinski definition) is 5. The number of rotatable bonds is 9. The van der Waals surface area contributed by atoms with E-state index in [4.69, 9.17) is 4.74 Å². The molecular formula is C27H26F3N3O5. The van der Waals surface area contributed by atoms with Crippen LogP contribution >= 0.6 is 0 Å². The van der Waals surface area contributed by atoms with Crippen LogP contribution < -0.4 is 25.2 Å². The zero-order chi connectivity index (χ0) is 27.4. The van der Waals surface area contributed by atoms with Gasteiger partial charge in [0.25, 0.3) is 11.5 Å². The molecule has 0 radical (unpaired) electrons. The van der Waals surface area contributed by atoms with Gasteiger partial charge in [-0.05, 0) is 55.0 Å². The van der Waals surface area contributed by atoms with Crippen molar-refractivity contribution < 1.29 is 32.2 Å². The van der Waals surface area contributed by atoms with E-state index in [1.54, 1.807) is 25.3 Å². The van der Waals surface area contributed by atoms with Gasteiger partial charge in [0.05, 0.1) is 13.0 Å². The Morgan fingerprint density at radius 3 is 2.45 bits per heavy atom. The van der Waals surface area contributed by atoms with Crippen molar-refractivity contribution in [3.05, 3.63) is 88.1 Å². The first-order chi connectivity index (χ1) is 18.2. The number of aryl methyl sites for hydroxylation is 1. The summed E-state index contributed by atoms with van der Waals surface area (Å²) in [4.78, 5) is 40.6. The summed E-state index contributed by atoms with van der Waals surface area (Å²) in [6.45, 7) is -0.893. The van der Waals surface area contributed by atoms with Gasteiger partial charge in [0.1, 0.15) is 23.0 Å². The lowest BCUT2D eigenvalue weighted by Gasteiger charge is -2.18. The lowest BCUT2D eigenvalue weighted by Crippen LogP contribution is -2.37. The zero-order valence-electron chi connectivity index (χ0n) is 20.7. The quantitative estimate of drug-likeness (QED) is 0.456. The van der Waals surface area contributed by atoms with Crippen molar-refractivity contribution in [3.8, 4) is 11.5 Å². The van der Waals surface area contributed by atoms with Gasteiger partial charge in [-0.3, -0.25) is 14.4 Å². The minimum Gasteiger partial charge on any atom is -0.497 e. The van der Waals surface area contributed by atoms with Crippen LogP contribution in [0.5, 0.6) is 11.5 Å². The normalized spacial score (nSPS) is 17.1. The van der Waals surface area contributed by atoms with E-state index in [0.29, 0.717) is 12.3 Å². The molecule has 2 atom stereocenters. The third kappa shape index (κ3) is 5.51. The molecule has 2 amide bonds. The van der Waals surface area contributed by atoms with Crippen molar-refractivity contribution in [3.63, 3.8) is 0 Å². The highest BCUT2D eigenvalue weighted by Crippen LogP contribution is 2.37. The van der Waals surface area contributed by atoms with Crippen molar-refractivity contribution in [1.82, 2.24) is 9.88 Å². The Labute approximate surface area is 216 Å². The molecule has 0 saturated carbocycles. The first-order valence-electron chi connectivity index (χ1n) is 11.9. The van der Waals surface area contributed by atoms with Crippen LogP contribution in [0.1, 0.15) is 28.8 Å². The molecule has 38 heavy (non-hydrogen) atoms. The summed E-state index contributed by atoms with van der Waals surface area (Å²) in [7, 11) is 1.41. The summed E-state index contributed by atoms with van der Waals surface area (Å²) in [5, 5.41) is 2.68. The highest BCUT2D eigenvalue weighted by Gasteiger charge is 2.43. The van der Waals surface area contributed by atoms with Crippen LogP contribution in [0.3, 0.4) is 0 Å². The Hall–Kier alpha value is -4.28. The van der Waals surface area contributed by atoms with E-state index in [9.17, 15) is 23.2 Å². The van der Waals surface area contributed by atoms with Gasteiger partial charge in [-0.15, -0.1) is 0 Å². The number of ether oxygens (including phenoxy) is 2. The second-order valence-corrected chi connectivity index (χ2v) is 8.65. The summed E-state index contributed by atoms with van der Waals surface area (Å²) in [6.07, 6.45) is 1.61. The van der Waals surface area contributed by atoms with Crippen LogP contribution in [-0.2, 0) is 11.3 Å². The van der Waals surface area contributed by atoms with Gasteiger partial charge >= 0.3 is 6.61 Å². The molecule has 1 saturated heterocycles. The smallest absolute Gasteiger partial charge is 0.387 e. The van der Waals surface area contributed by atoms with E-state index >= 15 is 4.39 Å². The number of methoxy groups -OCH3 is 1. The number of benzene rings is 2. The third-order valence-corrected chi connectivity index (χ3v) is 6.51. The van der Waals surface area contributed by atoms with Crippen LogP contribution in [0.4, 0.5) is 18.9 Å². The number of hydrogen-bond donors (Lipinski definition) is 1. The molecule has 2 heterocycles. The molecule has 4 rings (SSSR count). The van der Waals surface area contributed by atoms with E-state index in [2.05, 4.69) is 10.1 Å². The van der Waals surface area contributed by atoms with Gasteiger partial charge in [-0.1, -0.05) is 6.07 Å². The number of anilines is 1. The maximum atomic E-state index is 15.1. The van der Waals surface area contributed by atoms with Crippen LogP contribution in [0.25, 0.3) is 0 Å². The number of halogens is 3. The second kappa shape index (κ2) is 11.4. The Morgan fingerprint density at radius 1 is 1.11 bits per heavy atom. The number of alkyl halides is 2. The number of nitrogens with zero attached hydrogens (tertiary/aromatic N) is 2. The van der Waals surface area contributed by atoms with Crippen LogP contribution in [0.2, 0.25) is 0 Å². The van der Waals surface area contributed by atoms with E-state index in [1.807, 2.05) is 0 Å². The van der Waals surface area contributed by atoms with Crippen molar-refractivity contribution >= 4 is 17.5 Å². The minimum absolute atomic E-state index is 0.0330. The van der Waals surface area contributed by atoms with Crippen LogP contribution in [0, 0.1) is 11.7 Å². The van der Waals surface area contributed by atoms with E-state index in [0.717, 1.165) is 0 Å². The van der Waals surface area contributed by atoms with E-state index in [-0.39, 0.29) is 41.2 Å². The fraction of sp³-hybridized carbons (Fsp3) is 0.296. The molecule has 1 fully saturated rings. The first-order valence-corrected chi connectivity index (χ1v) is 11.9. The molecule has 0 spiro atoms. The van der Waals surface area contributed by atoms with Gasteiger partial charge in [0, 0.05) is 43.4 Å². The Bertz CT molecular complexity index is 1380. The van der Waals surface area contributed by atoms with Gasteiger partial charge in [-0.25, -0.2) is 4.39 Å². The highest BCUT2D eigenvalue weighted by molar-refractivity contribution is 5.99. The first kappa shape index (κ1) is 26.8. The average Bonchev–Trinajstić information content (AvgIpc) is 3.22. The van der Waals surface area contributed by atoms with E-state index < -0.39 is 36.1 Å². The predicted molar refractivity (Wildman–Crippen MR) is 133 cm³/mol. The van der Waals surface area contributed by atoms with Gasteiger partial charge in [-0.2, -0.15) is 8.78 Å². The minimum atomic E-state index is -2.99. The summed E-state index contributed by atoms with van der Waals surface area (Å²) in [5.41, 5.74) is 0.228. The number of aromatic nitrogens is 1. The molecule has 1 aliphatic heterocycles. The summed E-state index contributed by atoms with van der Waals surface area (Å²) in [5.74, 6) is -2.91. The molecule has 1 unspecified atom stereocenters. The molecule has 1 aliphatic rings. The number of carbonyl (C=O) groups excluding carboxylic acids is 2. The molecule has 1 N–H and O–H groups in total. The summed E-state index contributed by atoms with van der Waals surface area (Å²) < 4.78 is 50.7. The van der Waals surface area contributed by atoms with E-state index in [1.165, 1.54) is 59.0 Å². The Balaban J connectivity index is 1.61. The zero-order valence-corrected chi connectivity index (χ0v) is 20.7. The van der Waals surface area contributed by atoms with Crippen LogP contribution in [-0.4, -0.2) is 43.2 Å². The fourth-order valence-electron chi connectivity index (χ4n) is 4.55. The summed E-state index contributed by atoms with van der Waals surface area (Å²) >= 11 is 0. The molecule has 0 aliphatic carbocycles. The standard InChI is InChI=1S/C27H26F3N3O5/c1-3-32-12-4-5-23(26(32)36)33-15-21(19-11-10-18(37-2)13-22(19)28)20(25(33)35)14-31-24(34)16-6-8-17(9-7-16)38-27(29)30/h4-13,20-21,27H,3,14-15H2,1-2H3,(H,31,34)/t20?,21-/m0/s1. The molecule has 1 aromatic heterocycles. The SMILES string of the molecule is CCn1cccc(N2C[C@@H](c3ccc(OC)cc3F)C(CNC(=O)c3ccc(OC(F)F)cc3)C2=O)c1=O.